The number of rotatable bonds is 15. The van der Waals surface area contributed by atoms with E-state index >= 15 is 0 Å². The zero-order chi connectivity index (χ0) is 19.5. The Morgan fingerprint density at radius 2 is 1.15 bits per heavy atom. The van der Waals surface area contributed by atoms with Gasteiger partial charge in [-0.05, 0) is 44.9 Å². The standard InChI is InChI=1S/C22H34O4/c1-2-3-4-5-6-7-8-9-10-11-12-13-14-15-16-17-20(23)21(24)18-19-22(25)26/h3-4,6-7,9-10,12-13,15-16,20-21,23-24H,2,5,8,11,14,17-19H2,1H3,(H,25,26)/b4-3-,7-6-,10-9-,13-12-,16-15-. The van der Waals surface area contributed by atoms with Gasteiger partial charge in [-0.1, -0.05) is 67.7 Å². The summed E-state index contributed by atoms with van der Waals surface area (Å²) < 4.78 is 0. The maximum absolute atomic E-state index is 10.4. The lowest BCUT2D eigenvalue weighted by atomic mass is 10.1. The van der Waals surface area contributed by atoms with Crippen LogP contribution in [-0.4, -0.2) is 33.5 Å². The van der Waals surface area contributed by atoms with E-state index in [0.717, 1.165) is 32.1 Å². The molecule has 0 aromatic heterocycles. The molecule has 0 bridgehead atoms. The van der Waals surface area contributed by atoms with Gasteiger partial charge in [0, 0.05) is 6.42 Å². The van der Waals surface area contributed by atoms with Crippen molar-refractivity contribution in [2.75, 3.05) is 0 Å². The number of hydrogen-bond acceptors (Lipinski definition) is 3. The molecule has 0 aromatic rings. The van der Waals surface area contributed by atoms with Crippen molar-refractivity contribution >= 4 is 5.97 Å². The number of carboxylic acid groups (broad SMARTS) is 1. The van der Waals surface area contributed by atoms with Gasteiger partial charge in [0.05, 0.1) is 12.2 Å². The molecule has 146 valence electrons. The summed E-state index contributed by atoms with van der Waals surface area (Å²) in [7, 11) is 0. The van der Waals surface area contributed by atoms with Gasteiger partial charge in [-0.25, -0.2) is 0 Å². The second-order valence-electron chi connectivity index (χ2n) is 6.01. The van der Waals surface area contributed by atoms with Crippen molar-refractivity contribution in [2.24, 2.45) is 0 Å². The Morgan fingerprint density at radius 1 is 0.731 bits per heavy atom. The molecule has 0 fully saturated rings. The molecule has 0 aromatic carbocycles. The van der Waals surface area contributed by atoms with Crippen LogP contribution >= 0.6 is 0 Å². The van der Waals surface area contributed by atoms with Crippen molar-refractivity contribution in [3.8, 4) is 0 Å². The molecule has 0 rings (SSSR count). The molecule has 3 N–H and O–H groups in total. The summed E-state index contributed by atoms with van der Waals surface area (Å²) in [6.07, 6.45) is 23.9. The normalized spacial score (nSPS) is 15.2. The van der Waals surface area contributed by atoms with E-state index < -0.39 is 18.2 Å². The Labute approximate surface area is 157 Å². The molecule has 0 aliphatic heterocycles. The fourth-order valence-corrected chi connectivity index (χ4v) is 2.11. The molecule has 0 heterocycles. The van der Waals surface area contributed by atoms with Gasteiger partial charge >= 0.3 is 5.97 Å². The zero-order valence-corrected chi connectivity index (χ0v) is 15.8. The average molecular weight is 363 g/mol. The van der Waals surface area contributed by atoms with Crippen LogP contribution in [-0.2, 0) is 4.79 Å². The molecular weight excluding hydrogens is 328 g/mol. The molecule has 0 saturated heterocycles. The van der Waals surface area contributed by atoms with E-state index in [-0.39, 0.29) is 12.8 Å². The lowest BCUT2D eigenvalue weighted by molar-refractivity contribution is -0.138. The van der Waals surface area contributed by atoms with Crippen LogP contribution in [0.4, 0.5) is 0 Å². The predicted octanol–water partition coefficient (Wildman–Crippen LogP) is 4.71. The van der Waals surface area contributed by atoms with Crippen molar-refractivity contribution in [1.82, 2.24) is 0 Å². The lowest BCUT2D eigenvalue weighted by Crippen LogP contribution is -2.25. The van der Waals surface area contributed by atoms with Crippen LogP contribution < -0.4 is 0 Å². The van der Waals surface area contributed by atoms with E-state index in [4.69, 9.17) is 5.11 Å². The van der Waals surface area contributed by atoms with Crippen LogP contribution in [0.25, 0.3) is 0 Å². The smallest absolute Gasteiger partial charge is 0.303 e. The summed E-state index contributed by atoms with van der Waals surface area (Å²) >= 11 is 0. The van der Waals surface area contributed by atoms with Crippen molar-refractivity contribution in [3.63, 3.8) is 0 Å². The molecular formula is C22H34O4. The van der Waals surface area contributed by atoms with Gasteiger partial charge in [-0.15, -0.1) is 0 Å². The number of aliphatic hydroxyl groups excluding tert-OH is 2. The lowest BCUT2D eigenvalue weighted by Gasteiger charge is -2.14. The highest BCUT2D eigenvalue weighted by Gasteiger charge is 2.15. The molecule has 2 atom stereocenters. The van der Waals surface area contributed by atoms with Gasteiger partial charge in [0.25, 0.3) is 0 Å². The molecule has 0 amide bonds. The molecule has 0 saturated carbocycles. The zero-order valence-electron chi connectivity index (χ0n) is 15.8. The van der Waals surface area contributed by atoms with E-state index in [0.29, 0.717) is 6.42 Å². The van der Waals surface area contributed by atoms with Crippen molar-refractivity contribution in [2.45, 2.75) is 70.5 Å². The largest absolute Gasteiger partial charge is 0.481 e. The third-order valence-corrected chi connectivity index (χ3v) is 3.63. The Hall–Kier alpha value is -1.91. The van der Waals surface area contributed by atoms with Gasteiger partial charge < -0.3 is 15.3 Å². The van der Waals surface area contributed by atoms with Gasteiger partial charge in [-0.2, -0.15) is 0 Å². The minimum Gasteiger partial charge on any atom is -0.481 e. The Bertz CT molecular complexity index is 486. The highest BCUT2D eigenvalue weighted by molar-refractivity contribution is 5.66. The molecule has 0 aliphatic carbocycles. The number of carbonyl (C=O) groups is 1. The quantitative estimate of drug-likeness (QED) is 0.369. The maximum atomic E-state index is 10.4. The average Bonchev–Trinajstić information content (AvgIpc) is 2.62. The molecule has 26 heavy (non-hydrogen) atoms. The number of hydrogen-bond donors (Lipinski definition) is 3. The Kier molecular flexibility index (Phi) is 16.6. The van der Waals surface area contributed by atoms with Crippen molar-refractivity contribution in [1.29, 1.82) is 0 Å². The summed E-state index contributed by atoms with van der Waals surface area (Å²) in [6, 6.07) is 0. The van der Waals surface area contributed by atoms with E-state index in [9.17, 15) is 15.0 Å². The summed E-state index contributed by atoms with van der Waals surface area (Å²) in [5.74, 6) is -0.967. The van der Waals surface area contributed by atoms with E-state index in [1.165, 1.54) is 0 Å². The van der Waals surface area contributed by atoms with E-state index in [2.05, 4.69) is 55.5 Å². The molecule has 2 unspecified atom stereocenters. The topological polar surface area (TPSA) is 77.8 Å². The van der Waals surface area contributed by atoms with Gasteiger partial charge in [0.2, 0.25) is 0 Å². The van der Waals surface area contributed by atoms with Gasteiger partial charge in [0.1, 0.15) is 0 Å². The summed E-state index contributed by atoms with van der Waals surface area (Å²) in [5, 5.41) is 27.8. The second-order valence-corrected chi connectivity index (χ2v) is 6.01. The van der Waals surface area contributed by atoms with E-state index in [1.54, 1.807) is 0 Å². The molecule has 4 nitrogen and oxygen atoms in total. The maximum Gasteiger partial charge on any atom is 0.303 e. The molecule has 4 heteroatoms. The van der Waals surface area contributed by atoms with Crippen LogP contribution in [0.1, 0.15) is 58.3 Å². The minimum atomic E-state index is -0.992. The van der Waals surface area contributed by atoms with Crippen LogP contribution in [0.15, 0.2) is 60.8 Å². The minimum absolute atomic E-state index is 0.0706. The highest BCUT2D eigenvalue weighted by Crippen LogP contribution is 2.07. The fourth-order valence-electron chi connectivity index (χ4n) is 2.11. The fraction of sp³-hybridized carbons (Fsp3) is 0.500. The molecule has 0 radical (unpaired) electrons. The number of aliphatic hydroxyl groups is 2. The Balaban J connectivity index is 3.70. The van der Waals surface area contributed by atoms with Crippen LogP contribution in [0, 0.1) is 0 Å². The van der Waals surface area contributed by atoms with Crippen molar-refractivity contribution < 1.29 is 20.1 Å². The van der Waals surface area contributed by atoms with Crippen LogP contribution in [0.2, 0.25) is 0 Å². The van der Waals surface area contributed by atoms with Crippen molar-refractivity contribution in [3.05, 3.63) is 60.8 Å². The highest BCUT2D eigenvalue weighted by atomic mass is 16.4. The third-order valence-electron chi connectivity index (χ3n) is 3.63. The first kappa shape index (κ1) is 24.1. The molecule has 0 aliphatic rings. The first-order chi connectivity index (χ1) is 12.6. The van der Waals surface area contributed by atoms with Gasteiger partial charge in [0.15, 0.2) is 0 Å². The second kappa shape index (κ2) is 17.9. The molecule has 0 spiro atoms. The van der Waals surface area contributed by atoms with Crippen LogP contribution in [0.5, 0.6) is 0 Å². The Morgan fingerprint density at radius 3 is 1.58 bits per heavy atom. The van der Waals surface area contributed by atoms with E-state index in [1.807, 2.05) is 12.2 Å². The first-order valence-electron chi connectivity index (χ1n) is 9.40. The van der Waals surface area contributed by atoms with Crippen LogP contribution in [0.3, 0.4) is 0 Å². The SMILES string of the molecule is CC/C=C\C/C=C\C/C=C\C/C=C\C/C=C\CC(O)C(O)CCC(=O)O. The first-order valence-corrected chi connectivity index (χ1v) is 9.40. The summed E-state index contributed by atoms with van der Waals surface area (Å²) in [5.41, 5.74) is 0. The monoisotopic (exact) mass is 362 g/mol. The predicted molar refractivity (Wildman–Crippen MR) is 108 cm³/mol. The number of aliphatic carboxylic acids is 1. The number of allylic oxidation sites excluding steroid dienone is 9. The van der Waals surface area contributed by atoms with Gasteiger partial charge in [-0.3, -0.25) is 4.79 Å². The third kappa shape index (κ3) is 16.9. The summed E-state index contributed by atoms with van der Waals surface area (Å²) in [4.78, 5) is 10.4. The summed E-state index contributed by atoms with van der Waals surface area (Å²) in [6.45, 7) is 2.13. The number of carboxylic acids is 1.